The van der Waals surface area contributed by atoms with Crippen LogP contribution in [-0.2, 0) is 0 Å². The maximum Gasteiger partial charge on any atom is 0.203 e. The minimum Gasteiger partial charge on any atom is -0.493 e. The molecular weight excluding hydrogens is 316 g/mol. The van der Waals surface area contributed by atoms with Gasteiger partial charge in [0, 0.05) is 10.6 Å². The van der Waals surface area contributed by atoms with Crippen molar-refractivity contribution in [1.29, 1.82) is 0 Å². The molecule has 0 fully saturated rings. The molecule has 0 amide bonds. The van der Waals surface area contributed by atoms with E-state index in [1.165, 1.54) is 0 Å². The van der Waals surface area contributed by atoms with Crippen LogP contribution >= 0.6 is 11.6 Å². The number of nitrogens with zero attached hydrogens (tertiary/aromatic N) is 1. The van der Waals surface area contributed by atoms with Gasteiger partial charge in [-0.25, -0.2) is 0 Å². The van der Waals surface area contributed by atoms with E-state index in [0.717, 1.165) is 17.0 Å². The molecule has 0 heterocycles. The summed E-state index contributed by atoms with van der Waals surface area (Å²) in [6.45, 7) is 1.89. The largest absolute Gasteiger partial charge is 0.493 e. The lowest BCUT2D eigenvalue weighted by Crippen LogP contribution is -2.03. The zero-order chi connectivity index (χ0) is 16.8. The number of hydrogen-bond acceptors (Lipinski definition) is 5. The summed E-state index contributed by atoms with van der Waals surface area (Å²) in [5.74, 6) is 1.72. The number of anilines is 1. The van der Waals surface area contributed by atoms with E-state index in [1.807, 2.05) is 37.3 Å². The van der Waals surface area contributed by atoms with Crippen molar-refractivity contribution in [3.05, 3.63) is 47.0 Å². The normalized spacial score (nSPS) is 11.1. The molecule has 0 atom stereocenters. The molecule has 0 saturated carbocycles. The number of hydrogen-bond donors (Lipinski definition) is 1. The van der Waals surface area contributed by atoms with Gasteiger partial charge in [-0.1, -0.05) is 17.7 Å². The summed E-state index contributed by atoms with van der Waals surface area (Å²) in [5.41, 5.74) is 5.41. The molecule has 2 aromatic rings. The van der Waals surface area contributed by atoms with Gasteiger partial charge in [0.1, 0.15) is 0 Å². The Kier molecular flexibility index (Phi) is 5.71. The van der Waals surface area contributed by atoms with E-state index in [-0.39, 0.29) is 0 Å². The molecule has 0 bridgehead atoms. The molecule has 2 rings (SSSR count). The monoisotopic (exact) mass is 334 g/mol. The first-order chi connectivity index (χ1) is 11.1. The molecule has 0 aliphatic heterocycles. The van der Waals surface area contributed by atoms with Crippen molar-refractivity contribution in [3.63, 3.8) is 0 Å². The highest BCUT2D eigenvalue weighted by Crippen LogP contribution is 2.38. The van der Waals surface area contributed by atoms with Gasteiger partial charge in [-0.2, -0.15) is 5.10 Å². The molecule has 0 radical (unpaired) electrons. The Morgan fingerprint density at radius 1 is 1.00 bits per heavy atom. The lowest BCUT2D eigenvalue weighted by Gasteiger charge is -2.14. The maximum atomic E-state index is 5.95. The quantitative estimate of drug-likeness (QED) is 0.635. The summed E-state index contributed by atoms with van der Waals surface area (Å²) in [4.78, 5) is 0. The SMILES string of the molecule is COc1cc(/C(C)=N\Nc2cccc(Cl)c2)cc(OC)c1OC. The second-order valence-corrected chi connectivity index (χ2v) is 5.17. The van der Waals surface area contributed by atoms with Crippen LogP contribution in [0.1, 0.15) is 12.5 Å². The molecule has 0 aliphatic carbocycles. The van der Waals surface area contributed by atoms with Crippen LogP contribution in [0.4, 0.5) is 5.69 Å². The fourth-order valence-corrected chi connectivity index (χ4v) is 2.25. The fourth-order valence-electron chi connectivity index (χ4n) is 2.06. The van der Waals surface area contributed by atoms with Crippen LogP contribution < -0.4 is 19.6 Å². The highest BCUT2D eigenvalue weighted by Gasteiger charge is 2.14. The maximum absolute atomic E-state index is 5.95. The second kappa shape index (κ2) is 7.74. The molecule has 0 aromatic heterocycles. The average Bonchev–Trinajstić information content (AvgIpc) is 2.58. The van der Waals surface area contributed by atoms with Crippen LogP contribution in [0, 0.1) is 0 Å². The third kappa shape index (κ3) is 4.07. The van der Waals surface area contributed by atoms with Crippen molar-refractivity contribution in [1.82, 2.24) is 0 Å². The van der Waals surface area contributed by atoms with Crippen molar-refractivity contribution in [2.45, 2.75) is 6.92 Å². The lowest BCUT2D eigenvalue weighted by molar-refractivity contribution is 0.324. The lowest BCUT2D eigenvalue weighted by atomic mass is 10.1. The van der Waals surface area contributed by atoms with Gasteiger partial charge in [-0.05, 0) is 37.3 Å². The third-order valence-corrected chi connectivity index (χ3v) is 3.49. The number of ether oxygens (including phenoxy) is 3. The van der Waals surface area contributed by atoms with E-state index in [4.69, 9.17) is 25.8 Å². The number of benzene rings is 2. The molecule has 0 saturated heterocycles. The van der Waals surface area contributed by atoms with E-state index in [1.54, 1.807) is 27.4 Å². The summed E-state index contributed by atoms with van der Waals surface area (Å²) in [6, 6.07) is 11.0. The predicted molar refractivity (Wildman–Crippen MR) is 93.4 cm³/mol. The minimum absolute atomic E-state index is 0.550. The Morgan fingerprint density at radius 2 is 1.65 bits per heavy atom. The van der Waals surface area contributed by atoms with Crippen molar-refractivity contribution in [2.75, 3.05) is 26.8 Å². The Balaban J connectivity index is 2.31. The first-order valence-corrected chi connectivity index (χ1v) is 7.33. The van der Waals surface area contributed by atoms with Gasteiger partial charge in [0.15, 0.2) is 11.5 Å². The van der Waals surface area contributed by atoms with Crippen LogP contribution in [0.5, 0.6) is 17.2 Å². The first kappa shape index (κ1) is 17.0. The van der Waals surface area contributed by atoms with E-state index in [0.29, 0.717) is 22.3 Å². The van der Waals surface area contributed by atoms with Gasteiger partial charge in [0.05, 0.1) is 32.7 Å². The van der Waals surface area contributed by atoms with Crippen LogP contribution in [-0.4, -0.2) is 27.0 Å². The van der Waals surface area contributed by atoms with Crippen LogP contribution in [0.2, 0.25) is 5.02 Å². The van der Waals surface area contributed by atoms with E-state index in [2.05, 4.69) is 10.5 Å². The average molecular weight is 335 g/mol. The minimum atomic E-state index is 0.550. The van der Waals surface area contributed by atoms with Gasteiger partial charge in [0.2, 0.25) is 5.75 Å². The molecular formula is C17H19ClN2O3. The number of methoxy groups -OCH3 is 3. The summed E-state index contributed by atoms with van der Waals surface area (Å²) in [7, 11) is 4.73. The molecule has 0 unspecified atom stereocenters. The Hall–Kier alpha value is -2.40. The van der Waals surface area contributed by atoms with E-state index in [9.17, 15) is 0 Å². The Morgan fingerprint density at radius 3 is 2.17 bits per heavy atom. The highest BCUT2D eigenvalue weighted by molar-refractivity contribution is 6.30. The van der Waals surface area contributed by atoms with E-state index >= 15 is 0 Å². The summed E-state index contributed by atoms with van der Waals surface area (Å²) >= 11 is 5.95. The summed E-state index contributed by atoms with van der Waals surface area (Å²) in [5, 5.41) is 5.02. The number of rotatable bonds is 6. The fraction of sp³-hybridized carbons (Fsp3) is 0.235. The van der Waals surface area contributed by atoms with Crippen LogP contribution in [0.3, 0.4) is 0 Å². The van der Waals surface area contributed by atoms with Crippen molar-refractivity contribution in [3.8, 4) is 17.2 Å². The Labute approximate surface area is 140 Å². The smallest absolute Gasteiger partial charge is 0.203 e. The molecule has 0 spiro atoms. The van der Waals surface area contributed by atoms with Crippen LogP contribution in [0.15, 0.2) is 41.5 Å². The Bertz CT molecular complexity index is 692. The molecule has 5 nitrogen and oxygen atoms in total. The summed E-state index contributed by atoms with van der Waals surface area (Å²) in [6.07, 6.45) is 0. The third-order valence-electron chi connectivity index (χ3n) is 3.26. The van der Waals surface area contributed by atoms with Gasteiger partial charge in [0.25, 0.3) is 0 Å². The van der Waals surface area contributed by atoms with Crippen molar-refractivity contribution < 1.29 is 14.2 Å². The number of halogens is 1. The van der Waals surface area contributed by atoms with Gasteiger partial charge in [-0.15, -0.1) is 0 Å². The van der Waals surface area contributed by atoms with Crippen molar-refractivity contribution >= 4 is 23.0 Å². The number of nitrogens with one attached hydrogen (secondary N) is 1. The molecule has 0 aliphatic rings. The zero-order valence-corrected chi connectivity index (χ0v) is 14.3. The second-order valence-electron chi connectivity index (χ2n) is 4.73. The van der Waals surface area contributed by atoms with Gasteiger partial charge < -0.3 is 14.2 Å². The standard InChI is InChI=1S/C17H19ClN2O3/c1-11(19-20-14-7-5-6-13(18)10-14)12-8-15(21-2)17(23-4)16(9-12)22-3/h5-10,20H,1-4H3/b19-11-. The van der Waals surface area contributed by atoms with Crippen LogP contribution in [0.25, 0.3) is 0 Å². The van der Waals surface area contributed by atoms with Gasteiger partial charge >= 0.3 is 0 Å². The zero-order valence-electron chi connectivity index (χ0n) is 13.5. The van der Waals surface area contributed by atoms with Gasteiger partial charge in [-0.3, -0.25) is 5.43 Å². The molecule has 2 aromatic carbocycles. The predicted octanol–water partition coefficient (Wildman–Crippen LogP) is 4.20. The first-order valence-electron chi connectivity index (χ1n) is 6.95. The molecule has 122 valence electrons. The summed E-state index contributed by atoms with van der Waals surface area (Å²) < 4.78 is 16.0. The highest BCUT2D eigenvalue weighted by atomic mass is 35.5. The molecule has 23 heavy (non-hydrogen) atoms. The molecule has 1 N–H and O–H groups in total. The van der Waals surface area contributed by atoms with E-state index < -0.39 is 0 Å². The molecule has 6 heteroatoms. The topological polar surface area (TPSA) is 52.1 Å². The van der Waals surface area contributed by atoms with Crippen molar-refractivity contribution in [2.24, 2.45) is 5.10 Å². The number of hydrazone groups is 1.